The molecule has 0 saturated heterocycles. The molecule has 0 heterocycles. The van der Waals surface area contributed by atoms with Gasteiger partial charge in [0.05, 0.1) is 26.9 Å². The van der Waals surface area contributed by atoms with Gasteiger partial charge in [-0.2, -0.15) is 0 Å². The van der Waals surface area contributed by atoms with E-state index < -0.39 is 6.10 Å². The molecule has 0 fully saturated rings. The van der Waals surface area contributed by atoms with Crippen molar-refractivity contribution < 1.29 is 14.6 Å². The Morgan fingerprint density at radius 3 is 2.11 bits per heavy atom. The average Bonchev–Trinajstić information content (AvgIpc) is 2.71. The number of hydrogen-bond donors (Lipinski definition) is 2. The molecule has 0 aliphatic heterocycles. The van der Waals surface area contributed by atoms with Crippen molar-refractivity contribution in [2.24, 2.45) is 4.99 Å². The summed E-state index contributed by atoms with van der Waals surface area (Å²) in [6.07, 6.45) is -0.668. The van der Waals surface area contributed by atoms with Crippen LogP contribution in [0.1, 0.15) is 24.2 Å². The Morgan fingerprint density at radius 1 is 1.04 bits per heavy atom. The molecule has 0 radical (unpaired) electrons. The molecule has 2 rings (SSSR count). The summed E-state index contributed by atoms with van der Waals surface area (Å²) in [6.45, 7) is 3.76. The van der Waals surface area contributed by atoms with Crippen LogP contribution in [-0.4, -0.2) is 50.3 Å². The van der Waals surface area contributed by atoms with Gasteiger partial charge in [-0.3, -0.25) is 4.99 Å². The molecule has 2 aromatic rings. The van der Waals surface area contributed by atoms with Crippen molar-refractivity contribution >= 4 is 5.96 Å². The van der Waals surface area contributed by atoms with Crippen LogP contribution < -0.4 is 14.8 Å². The van der Waals surface area contributed by atoms with E-state index in [1.54, 1.807) is 14.2 Å². The highest BCUT2D eigenvalue weighted by Crippen LogP contribution is 2.18. The fraction of sp³-hybridized carbons (Fsp3) is 0.381. The molecule has 1 unspecified atom stereocenters. The van der Waals surface area contributed by atoms with Crippen molar-refractivity contribution in [3.8, 4) is 11.5 Å². The number of guanidine groups is 1. The third-order valence-corrected chi connectivity index (χ3v) is 4.19. The van der Waals surface area contributed by atoms with E-state index in [1.165, 1.54) is 0 Å². The topological polar surface area (TPSA) is 66.3 Å². The molecule has 0 aliphatic rings. The van der Waals surface area contributed by atoms with Crippen LogP contribution in [0, 0.1) is 0 Å². The number of aliphatic hydroxyl groups excluding tert-OH is 1. The highest BCUT2D eigenvalue weighted by Gasteiger charge is 2.11. The van der Waals surface area contributed by atoms with E-state index in [9.17, 15) is 5.11 Å². The van der Waals surface area contributed by atoms with Crippen LogP contribution in [0.4, 0.5) is 0 Å². The Hall–Kier alpha value is -2.73. The van der Waals surface area contributed by atoms with E-state index >= 15 is 0 Å². The Bertz CT molecular complexity index is 714. The van der Waals surface area contributed by atoms with E-state index in [4.69, 9.17) is 9.47 Å². The van der Waals surface area contributed by atoms with Gasteiger partial charge in [0, 0.05) is 20.1 Å². The van der Waals surface area contributed by atoms with Gasteiger partial charge in [-0.05, 0) is 42.3 Å². The van der Waals surface area contributed by atoms with Gasteiger partial charge in [-0.25, -0.2) is 0 Å². The first kappa shape index (κ1) is 20.6. The van der Waals surface area contributed by atoms with Gasteiger partial charge in [0.15, 0.2) is 5.96 Å². The number of benzene rings is 2. The standard InChI is InChI=1S/C21H29N3O3/c1-5-22-21(24(2)15-16-6-10-18(26-3)11-7-16)23-14-20(25)17-8-12-19(27-4)13-9-17/h6-13,20,25H,5,14-15H2,1-4H3,(H,22,23). The number of aliphatic hydroxyl groups is 1. The summed E-state index contributed by atoms with van der Waals surface area (Å²) in [5.41, 5.74) is 1.97. The first-order valence-corrected chi connectivity index (χ1v) is 9.01. The van der Waals surface area contributed by atoms with E-state index in [0.29, 0.717) is 6.54 Å². The van der Waals surface area contributed by atoms with Gasteiger partial charge in [0.1, 0.15) is 11.5 Å². The molecule has 0 amide bonds. The van der Waals surface area contributed by atoms with E-state index in [0.717, 1.165) is 35.1 Å². The van der Waals surface area contributed by atoms with Crippen LogP contribution in [0.5, 0.6) is 11.5 Å². The average molecular weight is 371 g/mol. The van der Waals surface area contributed by atoms with Crippen LogP contribution in [0.25, 0.3) is 0 Å². The summed E-state index contributed by atoms with van der Waals surface area (Å²) in [6, 6.07) is 15.3. The molecule has 0 bridgehead atoms. The lowest BCUT2D eigenvalue weighted by molar-refractivity contribution is 0.186. The van der Waals surface area contributed by atoms with Crippen molar-refractivity contribution in [1.82, 2.24) is 10.2 Å². The lowest BCUT2D eigenvalue weighted by Gasteiger charge is -2.23. The monoisotopic (exact) mass is 371 g/mol. The minimum atomic E-state index is -0.668. The molecule has 6 nitrogen and oxygen atoms in total. The summed E-state index contributed by atoms with van der Waals surface area (Å²) in [5, 5.41) is 13.7. The quantitative estimate of drug-likeness (QED) is 0.552. The van der Waals surface area contributed by atoms with Gasteiger partial charge < -0.3 is 24.8 Å². The SMILES string of the molecule is CCNC(=NCC(O)c1ccc(OC)cc1)N(C)Cc1ccc(OC)cc1. The first-order valence-electron chi connectivity index (χ1n) is 9.01. The Kier molecular flexibility index (Phi) is 7.95. The molecule has 2 aromatic carbocycles. The predicted molar refractivity (Wildman–Crippen MR) is 108 cm³/mol. The van der Waals surface area contributed by atoms with Crippen molar-refractivity contribution in [2.45, 2.75) is 19.6 Å². The maximum absolute atomic E-state index is 10.4. The number of methoxy groups -OCH3 is 2. The minimum absolute atomic E-state index is 0.279. The van der Waals surface area contributed by atoms with Gasteiger partial charge in [0.25, 0.3) is 0 Å². The summed E-state index contributed by atoms with van der Waals surface area (Å²) in [5.74, 6) is 2.35. The van der Waals surface area contributed by atoms with E-state index in [2.05, 4.69) is 10.3 Å². The third-order valence-electron chi connectivity index (χ3n) is 4.19. The Morgan fingerprint density at radius 2 is 1.59 bits per heavy atom. The zero-order valence-electron chi connectivity index (χ0n) is 16.5. The number of rotatable bonds is 8. The second kappa shape index (κ2) is 10.4. The molecule has 2 N–H and O–H groups in total. The molecule has 1 atom stereocenters. The molecule has 0 aromatic heterocycles. The van der Waals surface area contributed by atoms with Crippen LogP contribution in [0.3, 0.4) is 0 Å². The van der Waals surface area contributed by atoms with E-state index in [1.807, 2.05) is 67.4 Å². The largest absolute Gasteiger partial charge is 0.497 e. The molecule has 146 valence electrons. The van der Waals surface area contributed by atoms with E-state index in [-0.39, 0.29) is 6.54 Å². The number of nitrogens with zero attached hydrogens (tertiary/aromatic N) is 2. The third kappa shape index (κ3) is 6.18. The van der Waals surface area contributed by atoms with Gasteiger partial charge in [-0.1, -0.05) is 24.3 Å². The predicted octanol–water partition coefficient (Wildman–Crippen LogP) is 2.83. The number of ether oxygens (including phenoxy) is 2. The maximum Gasteiger partial charge on any atom is 0.194 e. The summed E-state index contributed by atoms with van der Waals surface area (Å²) >= 11 is 0. The molecule has 0 aliphatic carbocycles. The van der Waals surface area contributed by atoms with Gasteiger partial charge in [0.2, 0.25) is 0 Å². The minimum Gasteiger partial charge on any atom is -0.497 e. The zero-order valence-corrected chi connectivity index (χ0v) is 16.5. The van der Waals surface area contributed by atoms with Crippen LogP contribution in [0.2, 0.25) is 0 Å². The highest BCUT2D eigenvalue weighted by atomic mass is 16.5. The lowest BCUT2D eigenvalue weighted by Crippen LogP contribution is -2.38. The van der Waals surface area contributed by atoms with Gasteiger partial charge >= 0.3 is 0 Å². The van der Waals surface area contributed by atoms with Crippen LogP contribution in [-0.2, 0) is 6.54 Å². The smallest absolute Gasteiger partial charge is 0.194 e. The Balaban J connectivity index is 2.02. The van der Waals surface area contributed by atoms with Crippen molar-refractivity contribution in [3.05, 3.63) is 59.7 Å². The highest BCUT2D eigenvalue weighted by molar-refractivity contribution is 5.79. The van der Waals surface area contributed by atoms with Crippen molar-refractivity contribution in [2.75, 3.05) is 34.4 Å². The Labute approximate surface area is 161 Å². The fourth-order valence-corrected chi connectivity index (χ4v) is 2.65. The molecular weight excluding hydrogens is 342 g/mol. The molecular formula is C21H29N3O3. The number of aliphatic imine (C=N–C) groups is 1. The number of hydrogen-bond acceptors (Lipinski definition) is 4. The fourth-order valence-electron chi connectivity index (χ4n) is 2.65. The van der Waals surface area contributed by atoms with Crippen molar-refractivity contribution in [1.29, 1.82) is 0 Å². The summed E-state index contributed by atoms with van der Waals surface area (Å²) in [7, 11) is 5.26. The molecule has 0 saturated carbocycles. The second-order valence-corrected chi connectivity index (χ2v) is 6.19. The summed E-state index contributed by atoms with van der Waals surface area (Å²) < 4.78 is 10.3. The molecule has 0 spiro atoms. The number of nitrogens with one attached hydrogen (secondary N) is 1. The maximum atomic E-state index is 10.4. The van der Waals surface area contributed by atoms with Gasteiger partial charge in [-0.15, -0.1) is 0 Å². The summed E-state index contributed by atoms with van der Waals surface area (Å²) in [4.78, 5) is 6.62. The zero-order chi connectivity index (χ0) is 19.6. The first-order chi connectivity index (χ1) is 13.1. The van der Waals surface area contributed by atoms with Crippen LogP contribution >= 0.6 is 0 Å². The lowest BCUT2D eigenvalue weighted by atomic mass is 10.1. The normalized spacial score (nSPS) is 12.4. The molecule has 6 heteroatoms. The van der Waals surface area contributed by atoms with Crippen molar-refractivity contribution in [3.63, 3.8) is 0 Å². The van der Waals surface area contributed by atoms with Crippen LogP contribution in [0.15, 0.2) is 53.5 Å². The molecule has 27 heavy (non-hydrogen) atoms. The second-order valence-electron chi connectivity index (χ2n) is 6.19.